The highest BCUT2D eigenvalue weighted by Crippen LogP contribution is 2.28. The first kappa shape index (κ1) is 26.1. The lowest BCUT2D eigenvalue weighted by atomic mass is 9.98. The number of nitrogens with zero attached hydrogens (tertiary/aromatic N) is 3. The number of hydrogen-bond donors (Lipinski definition) is 2. The second-order valence-electron chi connectivity index (χ2n) is 8.45. The number of hydrogen-bond acceptors (Lipinski definition) is 8. The molecule has 11 heteroatoms. The summed E-state index contributed by atoms with van der Waals surface area (Å²) in [5, 5.41) is 25.0. The van der Waals surface area contributed by atoms with Gasteiger partial charge in [-0.2, -0.15) is 0 Å². The van der Waals surface area contributed by atoms with Gasteiger partial charge in [0.25, 0.3) is 17.5 Å². The molecule has 196 valence electrons. The van der Waals surface area contributed by atoms with Crippen molar-refractivity contribution in [3.8, 4) is 10.6 Å². The first-order valence-corrected chi connectivity index (χ1v) is 12.7. The molecule has 4 aromatic carbocycles. The molecule has 1 heterocycles. The van der Waals surface area contributed by atoms with Gasteiger partial charge in [-0.1, -0.05) is 65.9 Å². The second-order valence-corrected chi connectivity index (χ2v) is 9.42. The zero-order valence-corrected chi connectivity index (χ0v) is 21.4. The Kier molecular flexibility index (Phi) is 7.47. The summed E-state index contributed by atoms with van der Waals surface area (Å²) in [6.45, 7) is 0. The van der Waals surface area contributed by atoms with E-state index >= 15 is 0 Å². The van der Waals surface area contributed by atoms with Gasteiger partial charge in [-0.3, -0.25) is 29.8 Å². The van der Waals surface area contributed by atoms with E-state index in [2.05, 4.69) is 20.8 Å². The first-order chi connectivity index (χ1) is 19.4. The fourth-order valence-electron chi connectivity index (χ4n) is 3.85. The standard InChI is InChI=1S/C29H19N5O5S/c35-25(18-7-2-1-3-8-18)23-11-4-5-12-24(23)27(37)30-21-10-6-9-20(17-21)26(36)31-29-33-32-28(40-29)19-13-15-22(16-14-19)34(38)39/h1-17H,(H,30,37)(H,31,33,36). The average molecular weight is 550 g/mol. The number of anilines is 2. The summed E-state index contributed by atoms with van der Waals surface area (Å²) in [5.41, 5.74) is 2.15. The van der Waals surface area contributed by atoms with Gasteiger partial charge in [0, 0.05) is 40.1 Å². The van der Waals surface area contributed by atoms with Crippen LogP contribution in [0.15, 0.2) is 103 Å². The molecular weight excluding hydrogens is 530 g/mol. The van der Waals surface area contributed by atoms with Crippen molar-refractivity contribution < 1.29 is 19.3 Å². The van der Waals surface area contributed by atoms with E-state index < -0.39 is 16.7 Å². The third kappa shape index (κ3) is 5.79. The average Bonchev–Trinajstić information content (AvgIpc) is 3.46. The van der Waals surface area contributed by atoms with Crippen LogP contribution in [0.25, 0.3) is 10.6 Å². The molecule has 2 N–H and O–H groups in total. The summed E-state index contributed by atoms with van der Waals surface area (Å²) in [5.74, 6) is -1.24. The molecule has 0 spiro atoms. The van der Waals surface area contributed by atoms with E-state index in [1.165, 1.54) is 18.2 Å². The molecule has 0 saturated carbocycles. The molecule has 0 aliphatic carbocycles. The third-order valence-corrected chi connectivity index (χ3v) is 6.69. The number of carbonyl (C=O) groups excluding carboxylic acids is 3. The Morgan fingerprint density at radius 1 is 0.700 bits per heavy atom. The summed E-state index contributed by atoms with van der Waals surface area (Å²) < 4.78 is 0. The van der Waals surface area contributed by atoms with Crippen LogP contribution < -0.4 is 10.6 Å². The van der Waals surface area contributed by atoms with E-state index in [-0.39, 0.29) is 33.3 Å². The van der Waals surface area contributed by atoms with Gasteiger partial charge >= 0.3 is 0 Å². The second kappa shape index (κ2) is 11.5. The number of nitro groups is 1. The van der Waals surface area contributed by atoms with Crippen LogP contribution in [-0.4, -0.2) is 32.7 Å². The Bertz CT molecular complexity index is 1740. The quantitative estimate of drug-likeness (QED) is 0.140. The third-order valence-electron chi connectivity index (χ3n) is 5.81. The van der Waals surface area contributed by atoms with Crippen LogP contribution in [0.1, 0.15) is 36.6 Å². The highest BCUT2D eigenvalue weighted by atomic mass is 32.1. The molecule has 40 heavy (non-hydrogen) atoms. The molecule has 0 aliphatic rings. The molecule has 2 amide bonds. The van der Waals surface area contributed by atoms with Crippen LogP contribution in [0.2, 0.25) is 0 Å². The maximum Gasteiger partial charge on any atom is 0.269 e. The maximum absolute atomic E-state index is 13.1. The number of rotatable bonds is 8. The lowest BCUT2D eigenvalue weighted by Gasteiger charge is -2.11. The number of ketones is 1. The Morgan fingerprint density at radius 3 is 2.10 bits per heavy atom. The number of nitro benzene ring substituents is 1. The molecule has 0 atom stereocenters. The summed E-state index contributed by atoms with van der Waals surface area (Å²) in [6, 6.07) is 27.4. The Hall–Kier alpha value is -5.55. The SMILES string of the molecule is O=C(Nc1nnc(-c2ccc([N+](=O)[O-])cc2)s1)c1cccc(NC(=O)c2ccccc2C(=O)c2ccccc2)c1. The number of carbonyl (C=O) groups is 3. The summed E-state index contributed by atoms with van der Waals surface area (Å²) >= 11 is 1.11. The van der Waals surface area contributed by atoms with Gasteiger partial charge in [-0.05, 0) is 36.4 Å². The molecule has 10 nitrogen and oxygen atoms in total. The Morgan fingerprint density at radius 2 is 1.38 bits per heavy atom. The van der Waals surface area contributed by atoms with Gasteiger partial charge in [0.1, 0.15) is 5.01 Å². The molecule has 0 aliphatic heterocycles. The summed E-state index contributed by atoms with van der Waals surface area (Å²) in [4.78, 5) is 49.4. The zero-order chi connectivity index (χ0) is 28.1. The minimum atomic E-state index is -0.491. The van der Waals surface area contributed by atoms with Gasteiger partial charge in [-0.15, -0.1) is 10.2 Å². The first-order valence-electron chi connectivity index (χ1n) is 11.9. The van der Waals surface area contributed by atoms with Crippen LogP contribution in [0, 0.1) is 10.1 Å². The Labute approximate surface area is 231 Å². The molecular formula is C29H19N5O5S. The predicted octanol–water partition coefficient (Wildman–Crippen LogP) is 5.85. The molecule has 5 rings (SSSR count). The van der Waals surface area contributed by atoms with Crippen molar-refractivity contribution in [3.05, 3.63) is 135 Å². The largest absolute Gasteiger partial charge is 0.322 e. The normalized spacial score (nSPS) is 10.5. The van der Waals surface area contributed by atoms with Gasteiger partial charge in [0.2, 0.25) is 5.13 Å². The lowest BCUT2D eigenvalue weighted by molar-refractivity contribution is -0.384. The van der Waals surface area contributed by atoms with Crippen molar-refractivity contribution in [1.29, 1.82) is 0 Å². The highest BCUT2D eigenvalue weighted by Gasteiger charge is 2.19. The van der Waals surface area contributed by atoms with E-state index in [1.54, 1.807) is 78.9 Å². The lowest BCUT2D eigenvalue weighted by Crippen LogP contribution is -2.17. The van der Waals surface area contributed by atoms with Crippen molar-refractivity contribution in [1.82, 2.24) is 10.2 Å². The predicted molar refractivity (Wildman–Crippen MR) is 151 cm³/mol. The summed E-state index contributed by atoms with van der Waals surface area (Å²) in [6.07, 6.45) is 0. The highest BCUT2D eigenvalue weighted by molar-refractivity contribution is 7.18. The number of amides is 2. The van der Waals surface area contributed by atoms with E-state index in [9.17, 15) is 24.5 Å². The minimum absolute atomic E-state index is 0.0416. The van der Waals surface area contributed by atoms with Crippen molar-refractivity contribution in [2.75, 3.05) is 10.6 Å². The number of benzene rings is 4. The van der Waals surface area contributed by atoms with Gasteiger partial charge in [0.15, 0.2) is 5.78 Å². The minimum Gasteiger partial charge on any atom is -0.322 e. The van der Waals surface area contributed by atoms with Crippen molar-refractivity contribution in [2.24, 2.45) is 0 Å². The van der Waals surface area contributed by atoms with Gasteiger partial charge < -0.3 is 5.32 Å². The van der Waals surface area contributed by atoms with E-state index in [4.69, 9.17) is 0 Å². The van der Waals surface area contributed by atoms with E-state index in [0.29, 0.717) is 21.8 Å². The fourth-order valence-corrected chi connectivity index (χ4v) is 4.59. The van der Waals surface area contributed by atoms with Crippen LogP contribution in [-0.2, 0) is 0 Å². The van der Waals surface area contributed by atoms with Crippen LogP contribution in [0.5, 0.6) is 0 Å². The van der Waals surface area contributed by atoms with Crippen molar-refractivity contribution in [2.45, 2.75) is 0 Å². The molecule has 0 unspecified atom stereocenters. The van der Waals surface area contributed by atoms with Gasteiger partial charge in [-0.25, -0.2) is 0 Å². The fraction of sp³-hybridized carbons (Fsp3) is 0. The van der Waals surface area contributed by atoms with Crippen molar-refractivity contribution in [3.63, 3.8) is 0 Å². The number of aromatic nitrogens is 2. The van der Waals surface area contributed by atoms with Crippen LogP contribution in [0.4, 0.5) is 16.5 Å². The topological polar surface area (TPSA) is 144 Å². The van der Waals surface area contributed by atoms with E-state index in [0.717, 1.165) is 11.3 Å². The summed E-state index contributed by atoms with van der Waals surface area (Å²) in [7, 11) is 0. The van der Waals surface area contributed by atoms with Crippen LogP contribution in [0.3, 0.4) is 0 Å². The maximum atomic E-state index is 13.1. The molecule has 0 fully saturated rings. The molecule has 0 bridgehead atoms. The zero-order valence-electron chi connectivity index (χ0n) is 20.6. The smallest absolute Gasteiger partial charge is 0.269 e. The molecule has 0 radical (unpaired) electrons. The monoisotopic (exact) mass is 549 g/mol. The molecule has 5 aromatic rings. The van der Waals surface area contributed by atoms with Gasteiger partial charge in [0.05, 0.1) is 10.5 Å². The number of nitrogens with one attached hydrogen (secondary N) is 2. The number of non-ortho nitro benzene ring substituents is 1. The Balaban J connectivity index is 1.28. The molecule has 0 saturated heterocycles. The van der Waals surface area contributed by atoms with E-state index in [1.807, 2.05) is 6.07 Å². The van der Waals surface area contributed by atoms with Crippen LogP contribution >= 0.6 is 11.3 Å². The molecule has 1 aromatic heterocycles. The van der Waals surface area contributed by atoms with Crippen molar-refractivity contribution >= 4 is 45.4 Å².